The van der Waals surface area contributed by atoms with Gasteiger partial charge in [0, 0.05) is 36.2 Å². The van der Waals surface area contributed by atoms with Crippen LogP contribution in [0, 0.1) is 11.9 Å². The van der Waals surface area contributed by atoms with E-state index in [1.807, 2.05) is 34.6 Å². The van der Waals surface area contributed by atoms with Crippen LogP contribution < -0.4 is 0 Å². The molecule has 0 fully saturated rings. The van der Waals surface area contributed by atoms with Crippen molar-refractivity contribution >= 4 is 47.0 Å². The van der Waals surface area contributed by atoms with E-state index in [9.17, 15) is 9.18 Å². The van der Waals surface area contributed by atoms with Crippen molar-refractivity contribution in [2.24, 2.45) is 10.9 Å². The van der Waals surface area contributed by atoms with Crippen molar-refractivity contribution in [1.29, 1.82) is 0 Å². The molecule has 10 heteroatoms. The first-order valence-electron chi connectivity index (χ1n) is 11.2. The third-order valence-electron chi connectivity index (χ3n) is 5.62. The lowest BCUT2D eigenvalue weighted by Gasteiger charge is -2.42. The first-order chi connectivity index (χ1) is 15.0. The van der Waals surface area contributed by atoms with Crippen LogP contribution in [0.3, 0.4) is 0 Å². The molecule has 1 aliphatic heterocycles. The van der Waals surface area contributed by atoms with Gasteiger partial charge >= 0.3 is 6.09 Å². The van der Waals surface area contributed by atoms with Gasteiger partial charge in [0.05, 0.1) is 5.54 Å². The molecule has 1 amide bonds. The fourth-order valence-electron chi connectivity index (χ4n) is 3.30. The quantitative estimate of drug-likeness (QED) is 0.164. The highest BCUT2D eigenvalue weighted by atomic mass is 79.9. The van der Waals surface area contributed by atoms with Crippen molar-refractivity contribution in [2.45, 2.75) is 83.6 Å². The summed E-state index contributed by atoms with van der Waals surface area (Å²) in [6.45, 7) is 18.9. The number of aromatic nitrogens is 1. The summed E-state index contributed by atoms with van der Waals surface area (Å²) in [6.07, 6.45) is 0.899. The van der Waals surface area contributed by atoms with E-state index in [1.54, 1.807) is 6.07 Å². The number of hydrogen-bond donors (Lipinski definition) is 0. The Bertz CT molecular complexity index is 891. The Labute approximate surface area is 211 Å². The highest BCUT2D eigenvalue weighted by Crippen LogP contribution is 2.45. The molecule has 0 radical (unpaired) electrons. The second kappa shape index (κ2) is 10.7. The van der Waals surface area contributed by atoms with Crippen LogP contribution in [0.2, 0.25) is 25.7 Å². The predicted molar refractivity (Wildman–Crippen MR) is 140 cm³/mol. The van der Waals surface area contributed by atoms with Gasteiger partial charge in [-0.25, -0.2) is 14.7 Å². The Kier molecular flexibility index (Phi) is 9.20. The molecule has 1 aromatic rings. The Balaban J connectivity index is 2.45. The zero-order valence-electron chi connectivity index (χ0n) is 21.2. The monoisotopic (exact) mass is 561 g/mol. The molecule has 1 aliphatic rings. The summed E-state index contributed by atoms with van der Waals surface area (Å²) in [4.78, 5) is 23.4. The number of pyridine rings is 1. The van der Waals surface area contributed by atoms with Gasteiger partial charge in [0.2, 0.25) is 5.95 Å². The average molecular weight is 563 g/mol. The zero-order chi connectivity index (χ0) is 25.2. The van der Waals surface area contributed by atoms with E-state index in [4.69, 9.17) is 14.5 Å². The Hall–Kier alpha value is -0.973. The van der Waals surface area contributed by atoms with Crippen molar-refractivity contribution in [2.75, 3.05) is 13.3 Å². The second-order valence-electron chi connectivity index (χ2n) is 10.9. The fraction of sp³-hybridized carbons (Fsp3) is 0.696. The van der Waals surface area contributed by atoms with E-state index in [0.717, 1.165) is 6.04 Å². The van der Waals surface area contributed by atoms with Crippen LogP contribution in [0.4, 0.5) is 9.18 Å². The molecule has 0 bridgehead atoms. The smallest absolute Gasteiger partial charge is 0.418 e. The third-order valence-corrected chi connectivity index (χ3v) is 9.06. The largest absolute Gasteiger partial charge is 0.443 e. The van der Waals surface area contributed by atoms with Gasteiger partial charge in [-0.15, -0.1) is 0 Å². The molecule has 0 spiro atoms. The second-order valence-corrected chi connectivity index (χ2v) is 18.8. The number of carbonyl (C=O) groups is 1. The number of amides is 1. The topological polar surface area (TPSA) is 64.0 Å². The lowest BCUT2D eigenvalue weighted by Crippen LogP contribution is -2.47. The van der Waals surface area contributed by atoms with E-state index in [0.29, 0.717) is 21.8 Å². The Morgan fingerprint density at radius 3 is 2.55 bits per heavy atom. The maximum absolute atomic E-state index is 14.8. The molecule has 186 valence electrons. The lowest BCUT2D eigenvalue weighted by atomic mass is 9.80. The number of amidine groups is 1. The minimum absolute atomic E-state index is 0.00912. The molecule has 0 N–H and O–H groups in total. The van der Waals surface area contributed by atoms with Crippen molar-refractivity contribution in [3.63, 3.8) is 0 Å². The molecule has 2 rings (SSSR count). The molecule has 1 unspecified atom stereocenters. The van der Waals surface area contributed by atoms with E-state index in [-0.39, 0.29) is 17.9 Å². The summed E-state index contributed by atoms with van der Waals surface area (Å²) in [5.74, 6) is -0.574. The van der Waals surface area contributed by atoms with Crippen LogP contribution in [0.25, 0.3) is 0 Å². The van der Waals surface area contributed by atoms with Gasteiger partial charge in [-0.1, -0.05) is 45.3 Å². The summed E-state index contributed by atoms with van der Waals surface area (Å²) in [6, 6.07) is 2.69. The molecule has 0 aromatic carbocycles. The number of hydrogen-bond acceptors (Lipinski definition) is 6. The first-order valence-corrected chi connectivity index (χ1v) is 16.6. The van der Waals surface area contributed by atoms with E-state index >= 15 is 0 Å². The number of rotatable bonds is 6. The van der Waals surface area contributed by atoms with Crippen molar-refractivity contribution in [3.8, 4) is 0 Å². The first kappa shape index (κ1) is 28.3. The summed E-state index contributed by atoms with van der Waals surface area (Å²) in [7, 11) is -1.28. The van der Waals surface area contributed by atoms with Gasteiger partial charge in [-0.2, -0.15) is 4.39 Å². The maximum Gasteiger partial charge on any atom is 0.418 e. The van der Waals surface area contributed by atoms with Crippen LogP contribution in [0.1, 0.15) is 47.1 Å². The summed E-state index contributed by atoms with van der Waals surface area (Å²) in [5.41, 5.74) is -1.20. The summed E-state index contributed by atoms with van der Waals surface area (Å²) >= 11 is 4.87. The van der Waals surface area contributed by atoms with E-state index in [1.165, 1.54) is 22.9 Å². The number of thioether (sulfide) groups is 1. The van der Waals surface area contributed by atoms with Crippen LogP contribution in [-0.2, 0) is 15.0 Å². The minimum atomic E-state index is -1.28. The van der Waals surface area contributed by atoms with E-state index in [2.05, 4.69) is 47.5 Å². The van der Waals surface area contributed by atoms with Gasteiger partial charge in [0.15, 0.2) is 5.17 Å². The molecular weight excluding hydrogens is 525 g/mol. The third kappa shape index (κ3) is 7.76. The van der Waals surface area contributed by atoms with Crippen molar-refractivity contribution in [3.05, 3.63) is 28.2 Å². The standard InChI is InChI=1S/C23H37BrFN3O3SSi/c1-15-16(2)32-20(27-23(15,6)18-12-17(24)13-26-19(18)25)28(21(29)31-22(3,4)5)14-30-10-11-33(7,8)9/h12-13,15-16H,10-11,14H2,1-9H3/t15-,16?,23+/m1/s1. The molecule has 3 atom stereocenters. The zero-order valence-corrected chi connectivity index (χ0v) is 24.6. The molecule has 0 aliphatic carbocycles. The summed E-state index contributed by atoms with van der Waals surface area (Å²) < 4.78 is 27.1. The molecule has 6 nitrogen and oxygen atoms in total. The SMILES string of the molecule is CC1SC(N(COCC[Si](C)(C)C)C(=O)OC(C)(C)C)=N[C@](C)(c2cc(Br)cnc2F)[C@@H]1C. The lowest BCUT2D eigenvalue weighted by molar-refractivity contribution is 0.0109. The number of nitrogens with zero attached hydrogens (tertiary/aromatic N) is 3. The van der Waals surface area contributed by atoms with Crippen LogP contribution in [-0.4, -0.2) is 53.4 Å². The molecule has 0 saturated heterocycles. The normalized spacial score (nSPS) is 23.8. The highest BCUT2D eigenvalue weighted by molar-refractivity contribution is 9.10. The molecule has 0 saturated carbocycles. The van der Waals surface area contributed by atoms with Gasteiger partial charge in [0.1, 0.15) is 12.3 Å². The highest BCUT2D eigenvalue weighted by Gasteiger charge is 2.45. The molecular formula is C23H37BrFN3O3SSi. The average Bonchev–Trinajstić information content (AvgIpc) is 2.65. The van der Waals surface area contributed by atoms with Gasteiger partial charge in [-0.3, -0.25) is 4.99 Å². The van der Waals surface area contributed by atoms with E-state index < -0.39 is 31.3 Å². The Morgan fingerprint density at radius 2 is 1.97 bits per heavy atom. The van der Waals surface area contributed by atoms with Gasteiger partial charge < -0.3 is 9.47 Å². The number of ether oxygens (including phenoxy) is 2. The van der Waals surface area contributed by atoms with Crippen molar-refractivity contribution in [1.82, 2.24) is 9.88 Å². The fourth-order valence-corrected chi connectivity index (χ4v) is 5.68. The Morgan fingerprint density at radius 1 is 1.33 bits per heavy atom. The number of aliphatic imine (C=N–C) groups is 1. The number of halogens is 2. The molecule has 2 heterocycles. The predicted octanol–water partition coefficient (Wildman–Crippen LogP) is 6.88. The van der Waals surface area contributed by atoms with Crippen LogP contribution in [0.5, 0.6) is 0 Å². The maximum atomic E-state index is 14.8. The van der Waals surface area contributed by atoms with Gasteiger partial charge in [0.25, 0.3) is 0 Å². The number of carbonyl (C=O) groups excluding carboxylic acids is 1. The van der Waals surface area contributed by atoms with Gasteiger partial charge in [-0.05, 0) is 61.7 Å². The molecule has 1 aromatic heterocycles. The summed E-state index contributed by atoms with van der Waals surface area (Å²) in [5, 5.41) is 0.525. The van der Waals surface area contributed by atoms with Crippen LogP contribution >= 0.6 is 27.7 Å². The van der Waals surface area contributed by atoms with Crippen LogP contribution in [0.15, 0.2) is 21.7 Å². The molecule has 33 heavy (non-hydrogen) atoms. The minimum Gasteiger partial charge on any atom is -0.443 e. The van der Waals surface area contributed by atoms with Crippen molar-refractivity contribution < 1.29 is 18.7 Å².